The fraction of sp³-hybridized carbons (Fsp3) is 0.312. The van der Waals surface area contributed by atoms with Gasteiger partial charge in [0.1, 0.15) is 5.69 Å². The second kappa shape index (κ2) is 5.75. The predicted molar refractivity (Wildman–Crippen MR) is 84.8 cm³/mol. The molecule has 0 radical (unpaired) electrons. The first-order valence-corrected chi connectivity index (χ1v) is 7.37. The van der Waals surface area contributed by atoms with E-state index in [2.05, 4.69) is 41.4 Å². The molecular formula is C16H18N6O. The summed E-state index contributed by atoms with van der Waals surface area (Å²) in [6, 6.07) is 9.35. The first kappa shape index (κ1) is 15.1. The first-order valence-electron chi connectivity index (χ1n) is 7.37. The van der Waals surface area contributed by atoms with Gasteiger partial charge in [0.05, 0.1) is 18.1 Å². The molecule has 2 heterocycles. The van der Waals surface area contributed by atoms with Crippen molar-refractivity contribution in [3.05, 3.63) is 48.4 Å². The molecule has 0 spiro atoms. The average molecular weight is 310 g/mol. The Morgan fingerprint density at radius 3 is 2.48 bits per heavy atom. The highest BCUT2D eigenvalue weighted by atomic mass is 16.2. The molecule has 7 heteroatoms. The topological polar surface area (TPSA) is 78.5 Å². The van der Waals surface area contributed by atoms with Gasteiger partial charge in [-0.3, -0.25) is 0 Å². The second-order valence-corrected chi connectivity index (χ2v) is 6.53. The van der Waals surface area contributed by atoms with Crippen molar-refractivity contribution in [3.63, 3.8) is 0 Å². The van der Waals surface area contributed by atoms with E-state index in [0.717, 1.165) is 15.9 Å². The van der Waals surface area contributed by atoms with Crippen molar-refractivity contribution in [3.8, 4) is 11.3 Å². The lowest BCUT2D eigenvalue weighted by atomic mass is 9.89. The van der Waals surface area contributed by atoms with Crippen LogP contribution in [-0.2, 0) is 6.42 Å². The molecule has 3 rings (SSSR count). The third-order valence-corrected chi connectivity index (χ3v) is 3.31. The van der Waals surface area contributed by atoms with Gasteiger partial charge in [-0.25, -0.2) is 4.79 Å². The van der Waals surface area contributed by atoms with E-state index in [1.54, 1.807) is 0 Å². The van der Waals surface area contributed by atoms with Crippen LogP contribution >= 0.6 is 0 Å². The Kier molecular flexibility index (Phi) is 3.77. The summed E-state index contributed by atoms with van der Waals surface area (Å²) in [4.78, 5) is 12.6. The summed E-state index contributed by atoms with van der Waals surface area (Å²) in [6.07, 6.45) is 3.61. The Hall–Kier alpha value is -2.83. The summed E-state index contributed by atoms with van der Waals surface area (Å²) < 4.78 is 2.46. The van der Waals surface area contributed by atoms with Crippen LogP contribution in [0.3, 0.4) is 0 Å². The highest BCUT2D eigenvalue weighted by Crippen LogP contribution is 2.28. The van der Waals surface area contributed by atoms with Crippen molar-refractivity contribution < 1.29 is 4.79 Å². The predicted octanol–water partition coefficient (Wildman–Crippen LogP) is 2.64. The fourth-order valence-electron chi connectivity index (χ4n) is 2.34. The van der Waals surface area contributed by atoms with E-state index in [4.69, 9.17) is 0 Å². The number of aromatic nitrogens is 6. The summed E-state index contributed by atoms with van der Waals surface area (Å²) in [5.41, 5.74) is 2.40. The molecule has 7 nitrogen and oxygen atoms in total. The van der Waals surface area contributed by atoms with Crippen molar-refractivity contribution in [1.82, 2.24) is 30.0 Å². The van der Waals surface area contributed by atoms with Gasteiger partial charge >= 0.3 is 6.03 Å². The van der Waals surface area contributed by atoms with Crippen LogP contribution in [0.1, 0.15) is 26.5 Å². The molecular weight excluding hydrogens is 292 g/mol. The number of carbonyl (C=O) groups excluding carboxylic acids is 1. The summed E-state index contributed by atoms with van der Waals surface area (Å²) in [5.74, 6) is 0. The van der Waals surface area contributed by atoms with E-state index >= 15 is 0 Å². The maximum Gasteiger partial charge on any atom is 0.372 e. The van der Waals surface area contributed by atoms with Gasteiger partial charge in [-0.1, -0.05) is 61.5 Å². The van der Waals surface area contributed by atoms with Crippen molar-refractivity contribution in [2.24, 2.45) is 5.41 Å². The molecule has 23 heavy (non-hydrogen) atoms. The van der Waals surface area contributed by atoms with Crippen LogP contribution in [0.25, 0.3) is 11.3 Å². The van der Waals surface area contributed by atoms with Gasteiger partial charge < -0.3 is 0 Å². The summed E-state index contributed by atoms with van der Waals surface area (Å²) >= 11 is 0. The van der Waals surface area contributed by atoms with Crippen molar-refractivity contribution in [2.75, 3.05) is 0 Å². The van der Waals surface area contributed by atoms with Crippen molar-refractivity contribution in [1.29, 1.82) is 0 Å². The van der Waals surface area contributed by atoms with Crippen LogP contribution in [0, 0.1) is 5.41 Å². The minimum atomic E-state index is -0.392. The molecule has 0 aliphatic heterocycles. The molecule has 0 saturated carbocycles. The molecule has 0 fully saturated rings. The zero-order valence-corrected chi connectivity index (χ0v) is 13.3. The lowest BCUT2D eigenvalue weighted by molar-refractivity contribution is 0.235. The minimum Gasteiger partial charge on any atom is -0.243 e. The molecule has 1 aromatic carbocycles. The minimum absolute atomic E-state index is 0.0222. The van der Waals surface area contributed by atoms with Crippen LogP contribution in [-0.4, -0.2) is 36.0 Å². The van der Waals surface area contributed by atoms with Gasteiger partial charge in [-0.05, 0) is 11.8 Å². The molecule has 0 atom stereocenters. The Morgan fingerprint density at radius 2 is 1.87 bits per heavy atom. The Morgan fingerprint density at radius 1 is 1.13 bits per heavy atom. The Bertz CT molecular complexity index is 799. The third kappa shape index (κ3) is 3.18. The molecule has 2 aromatic heterocycles. The van der Waals surface area contributed by atoms with Gasteiger partial charge in [0.15, 0.2) is 0 Å². The smallest absolute Gasteiger partial charge is 0.243 e. The van der Waals surface area contributed by atoms with Gasteiger partial charge in [-0.15, -0.1) is 10.2 Å². The zero-order chi connectivity index (χ0) is 16.4. The molecule has 0 N–H and O–H groups in total. The SMILES string of the molecule is CC(C)(C)Cc1c(-c2ccccc2)nnn1C(=O)n1ccnn1. The monoisotopic (exact) mass is 310 g/mol. The molecule has 0 saturated heterocycles. The van der Waals surface area contributed by atoms with Crippen LogP contribution < -0.4 is 0 Å². The van der Waals surface area contributed by atoms with Gasteiger partial charge in [0, 0.05) is 5.56 Å². The van der Waals surface area contributed by atoms with Crippen LogP contribution in [0.15, 0.2) is 42.7 Å². The Labute approximate surface area is 133 Å². The average Bonchev–Trinajstić information content (AvgIpc) is 3.15. The zero-order valence-electron chi connectivity index (χ0n) is 13.3. The third-order valence-electron chi connectivity index (χ3n) is 3.31. The van der Waals surface area contributed by atoms with Crippen LogP contribution in [0.4, 0.5) is 4.79 Å². The van der Waals surface area contributed by atoms with Crippen molar-refractivity contribution in [2.45, 2.75) is 27.2 Å². The Balaban J connectivity index is 2.10. The summed E-state index contributed by atoms with van der Waals surface area (Å²) in [6.45, 7) is 6.33. The molecule has 0 aliphatic carbocycles. The van der Waals surface area contributed by atoms with E-state index in [0.29, 0.717) is 12.1 Å². The van der Waals surface area contributed by atoms with Crippen LogP contribution in [0.2, 0.25) is 0 Å². The van der Waals surface area contributed by atoms with Gasteiger partial charge in [0.2, 0.25) is 0 Å². The molecule has 0 amide bonds. The van der Waals surface area contributed by atoms with E-state index in [-0.39, 0.29) is 5.41 Å². The quantitative estimate of drug-likeness (QED) is 0.727. The number of hydrogen-bond acceptors (Lipinski definition) is 5. The molecule has 0 unspecified atom stereocenters. The highest BCUT2D eigenvalue weighted by Gasteiger charge is 2.25. The molecule has 0 bridgehead atoms. The van der Waals surface area contributed by atoms with E-state index in [9.17, 15) is 4.79 Å². The lowest BCUT2D eigenvalue weighted by Crippen LogP contribution is -2.25. The number of benzene rings is 1. The lowest BCUT2D eigenvalue weighted by Gasteiger charge is -2.18. The molecule has 118 valence electrons. The van der Waals surface area contributed by atoms with E-state index in [1.807, 2.05) is 30.3 Å². The standard InChI is InChI=1S/C16H18N6O/c1-16(2,3)11-13-14(12-7-5-4-6-8-12)18-20-22(13)15(23)21-10-9-17-19-21/h4-10H,11H2,1-3H3. The number of rotatable bonds is 2. The fourth-order valence-corrected chi connectivity index (χ4v) is 2.34. The highest BCUT2D eigenvalue weighted by molar-refractivity contribution is 5.79. The normalized spacial score (nSPS) is 11.6. The van der Waals surface area contributed by atoms with E-state index in [1.165, 1.54) is 17.1 Å². The number of carbonyl (C=O) groups is 1. The maximum absolute atomic E-state index is 12.6. The second-order valence-electron chi connectivity index (χ2n) is 6.53. The maximum atomic E-state index is 12.6. The summed E-state index contributed by atoms with van der Waals surface area (Å²) in [7, 11) is 0. The molecule has 0 aliphatic rings. The largest absolute Gasteiger partial charge is 0.372 e. The number of nitrogens with zero attached hydrogens (tertiary/aromatic N) is 6. The first-order chi connectivity index (χ1) is 11.0. The van der Waals surface area contributed by atoms with Gasteiger partial charge in [0.25, 0.3) is 0 Å². The summed E-state index contributed by atoms with van der Waals surface area (Å²) in [5, 5.41) is 15.7. The van der Waals surface area contributed by atoms with E-state index < -0.39 is 6.03 Å². The van der Waals surface area contributed by atoms with Crippen molar-refractivity contribution >= 4 is 6.03 Å². The van der Waals surface area contributed by atoms with Gasteiger partial charge in [-0.2, -0.15) is 9.36 Å². The van der Waals surface area contributed by atoms with Crippen LogP contribution in [0.5, 0.6) is 0 Å². The number of hydrogen-bond donors (Lipinski definition) is 0. The molecule has 3 aromatic rings.